The molecule has 0 N–H and O–H groups in total. The average molecular weight is 268 g/mol. The first-order valence-electron chi connectivity index (χ1n) is 6.65. The summed E-state index contributed by atoms with van der Waals surface area (Å²) in [4.78, 5) is 28.1. The fraction of sp³-hybridized carbons (Fsp3) is 0.250. The van der Waals surface area contributed by atoms with E-state index in [1.807, 2.05) is 50.2 Å². The molecule has 0 radical (unpaired) electrons. The van der Waals surface area contributed by atoms with Crippen LogP contribution in [-0.4, -0.2) is 37.4 Å². The molecule has 4 nitrogen and oxygen atoms in total. The maximum atomic E-state index is 12.4. The SMILES string of the molecule is CCN1C(=O)c2cccc3c(N(C)C)ccc(c23)C1=O. The Bertz CT molecular complexity index is 712. The van der Waals surface area contributed by atoms with E-state index < -0.39 is 0 Å². The predicted octanol–water partition coefficient (Wildman–Crippen LogP) is 2.52. The maximum Gasteiger partial charge on any atom is 0.261 e. The second-order valence-electron chi connectivity index (χ2n) is 5.11. The van der Waals surface area contributed by atoms with Crippen LogP contribution in [0.2, 0.25) is 0 Å². The monoisotopic (exact) mass is 268 g/mol. The third kappa shape index (κ3) is 1.54. The van der Waals surface area contributed by atoms with Crippen molar-refractivity contribution in [2.24, 2.45) is 0 Å². The molecule has 0 spiro atoms. The summed E-state index contributed by atoms with van der Waals surface area (Å²) in [6, 6.07) is 9.38. The maximum absolute atomic E-state index is 12.4. The number of nitrogens with zero attached hydrogens (tertiary/aromatic N) is 2. The van der Waals surface area contributed by atoms with Crippen molar-refractivity contribution in [3.63, 3.8) is 0 Å². The van der Waals surface area contributed by atoms with Gasteiger partial charge in [0.25, 0.3) is 11.8 Å². The van der Waals surface area contributed by atoms with Gasteiger partial charge in [0.05, 0.1) is 0 Å². The molecule has 20 heavy (non-hydrogen) atoms. The topological polar surface area (TPSA) is 40.6 Å². The Morgan fingerprint density at radius 3 is 2.25 bits per heavy atom. The zero-order chi connectivity index (χ0) is 14.4. The van der Waals surface area contributed by atoms with Crippen LogP contribution in [0.3, 0.4) is 0 Å². The molecule has 0 aromatic heterocycles. The molecule has 0 saturated carbocycles. The van der Waals surface area contributed by atoms with Gasteiger partial charge in [0.2, 0.25) is 0 Å². The predicted molar refractivity (Wildman–Crippen MR) is 79.3 cm³/mol. The van der Waals surface area contributed by atoms with E-state index in [4.69, 9.17) is 0 Å². The van der Waals surface area contributed by atoms with Crippen molar-refractivity contribution in [2.75, 3.05) is 25.5 Å². The minimum absolute atomic E-state index is 0.202. The highest BCUT2D eigenvalue weighted by Gasteiger charge is 2.32. The highest BCUT2D eigenvalue weighted by Crippen LogP contribution is 2.35. The fourth-order valence-electron chi connectivity index (χ4n) is 2.81. The Morgan fingerprint density at radius 2 is 1.65 bits per heavy atom. The van der Waals surface area contributed by atoms with Crippen molar-refractivity contribution in [3.05, 3.63) is 41.5 Å². The standard InChI is InChI=1S/C16H16N2O2/c1-4-18-15(19)11-7-5-6-10-13(17(2)3)9-8-12(14(10)11)16(18)20/h5-9H,4H2,1-3H3. The molecule has 102 valence electrons. The van der Waals surface area contributed by atoms with E-state index in [2.05, 4.69) is 0 Å². The Morgan fingerprint density at radius 1 is 1.00 bits per heavy atom. The number of hydrogen-bond donors (Lipinski definition) is 0. The highest BCUT2D eigenvalue weighted by atomic mass is 16.2. The van der Waals surface area contributed by atoms with Gasteiger partial charge >= 0.3 is 0 Å². The van der Waals surface area contributed by atoms with Crippen molar-refractivity contribution in [1.82, 2.24) is 4.90 Å². The first-order chi connectivity index (χ1) is 9.56. The molecule has 0 saturated heterocycles. The number of anilines is 1. The molecule has 4 heteroatoms. The van der Waals surface area contributed by atoms with Crippen molar-refractivity contribution < 1.29 is 9.59 Å². The second kappa shape index (κ2) is 4.34. The van der Waals surface area contributed by atoms with E-state index in [9.17, 15) is 9.59 Å². The highest BCUT2D eigenvalue weighted by molar-refractivity contribution is 6.26. The molecule has 0 bridgehead atoms. The minimum atomic E-state index is -0.202. The van der Waals surface area contributed by atoms with Crippen LogP contribution < -0.4 is 4.90 Å². The van der Waals surface area contributed by atoms with Crippen molar-refractivity contribution in [1.29, 1.82) is 0 Å². The number of rotatable bonds is 2. The fourth-order valence-corrected chi connectivity index (χ4v) is 2.81. The Hall–Kier alpha value is -2.36. The van der Waals surface area contributed by atoms with Crippen LogP contribution in [0.4, 0.5) is 5.69 Å². The normalized spacial score (nSPS) is 14.1. The summed E-state index contributed by atoms with van der Waals surface area (Å²) in [5.74, 6) is -0.405. The molecule has 0 aliphatic carbocycles. The quantitative estimate of drug-likeness (QED) is 0.786. The molecule has 0 atom stereocenters. The van der Waals surface area contributed by atoms with Crippen molar-refractivity contribution in [3.8, 4) is 0 Å². The van der Waals surface area contributed by atoms with Gasteiger partial charge in [-0.1, -0.05) is 12.1 Å². The van der Waals surface area contributed by atoms with E-state index in [1.54, 1.807) is 6.07 Å². The number of hydrogen-bond acceptors (Lipinski definition) is 3. The lowest BCUT2D eigenvalue weighted by atomic mass is 9.93. The smallest absolute Gasteiger partial charge is 0.261 e. The average Bonchev–Trinajstić information content (AvgIpc) is 2.44. The number of carbonyl (C=O) groups excluding carboxylic acids is 2. The molecule has 1 aliphatic rings. The van der Waals surface area contributed by atoms with Gasteiger partial charge in [0, 0.05) is 48.2 Å². The molecule has 3 rings (SSSR count). The van der Waals surface area contributed by atoms with Crippen molar-refractivity contribution >= 4 is 28.3 Å². The molecule has 0 fully saturated rings. The van der Waals surface area contributed by atoms with Gasteiger partial charge in [-0.15, -0.1) is 0 Å². The summed E-state index contributed by atoms with van der Waals surface area (Å²) in [6.45, 7) is 2.21. The van der Waals surface area contributed by atoms with E-state index in [-0.39, 0.29) is 11.8 Å². The van der Waals surface area contributed by atoms with Crippen molar-refractivity contribution in [2.45, 2.75) is 6.92 Å². The van der Waals surface area contributed by atoms with Crippen LogP contribution in [0, 0.1) is 0 Å². The van der Waals surface area contributed by atoms with Crippen LogP contribution in [0.5, 0.6) is 0 Å². The van der Waals surface area contributed by atoms with Crippen LogP contribution >= 0.6 is 0 Å². The van der Waals surface area contributed by atoms with Crippen LogP contribution in [0.15, 0.2) is 30.3 Å². The molecule has 2 aromatic carbocycles. The number of carbonyl (C=O) groups is 2. The van der Waals surface area contributed by atoms with Gasteiger partial charge in [0.15, 0.2) is 0 Å². The Balaban J connectivity index is 2.41. The molecule has 1 heterocycles. The summed E-state index contributed by atoms with van der Waals surface area (Å²) in [7, 11) is 3.91. The number of imide groups is 1. The van der Waals surface area contributed by atoms with Gasteiger partial charge in [-0.3, -0.25) is 14.5 Å². The number of amides is 2. The largest absolute Gasteiger partial charge is 0.377 e. The molecule has 0 unspecified atom stereocenters. The van der Waals surface area contributed by atoms with Crippen LogP contribution in [0.25, 0.3) is 10.8 Å². The van der Waals surface area contributed by atoms with Gasteiger partial charge in [-0.25, -0.2) is 0 Å². The zero-order valence-electron chi connectivity index (χ0n) is 11.8. The number of benzene rings is 2. The van der Waals surface area contributed by atoms with Crippen LogP contribution in [-0.2, 0) is 0 Å². The third-order valence-corrected chi connectivity index (χ3v) is 3.77. The molecular formula is C16H16N2O2. The summed E-state index contributed by atoms with van der Waals surface area (Å²) in [6.07, 6.45) is 0. The van der Waals surface area contributed by atoms with E-state index >= 15 is 0 Å². The zero-order valence-corrected chi connectivity index (χ0v) is 11.8. The first kappa shape index (κ1) is 12.7. The lowest BCUT2D eigenvalue weighted by molar-refractivity contribution is 0.0619. The minimum Gasteiger partial charge on any atom is -0.377 e. The van der Waals surface area contributed by atoms with E-state index in [0.717, 1.165) is 16.5 Å². The lowest BCUT2D eigenvalue weighted by Crippen LogP contribution is -2.40. The summed E-state index contributed by atoms with van der Waals surface area (Å²) in [5, 5.41) is 1.72. The van der Waals surface area contributed by atoms with E-state index in [0.29, 0.717) is 17.7 Å². The first-order valence-corrected chi connectivity index (χ1v) is 6.65. The molecular weight excluding hydrogens is 252 g/mol. The van der Waals surface area contributed by atoms with Gasteiger partial charge in [0.1, 0.15) is 0 Å². The third-order valence-electron chi connectivity index (χ3n) is 3.77. The summed E-state index contributed by atoms with van der Waals surface area (Å²) < 4.78 is 0. The Labute approximate surface area is 117 Å². The second-order valence-corrected chi connectivity index (χ2v) is 5.11. The lowest BCUT2D eigenvalue weighted by Gasteiger charge is -2.27. The Kier molecular flexibility index (Phi) is 2.74. The van der Waals surface area contributed by atoms with Gasteiger partial charge in [-0.05, 0) is 25.1 Å². The van der Waals surface area contributed by atoms with Crippen LogP contribution in [0.1, 0.15) is 27.6 Å². The van der Waals surface area contributed by atoms with E-state index in [1.165, 1.54) is 4.90 Å². The molecule has 2 amide bonds. The summed E-state index contributed by atoms with van der Waals surface area (Å²) >= 11 is 0. The summed E-state index contributed by atoms with van der Waals surface area (Å²) in [5.41, 5.74) is 2.24. The van der Waals surface area contributed by atoms with Gasteiger partial charge in [-0.2, -0.15) is 0 Å². The molecule has 2 aromatic rings. The van der Waals surface area contributed by atoms with Gasteiger partial charge < -0.3 is 4.90 Å². The molecule has 1 aliphatic heterocycles.